The predicted octanol–water partition coefficient (Wildman–Crippen LogP) is 5.77. The number of fused-ring (bicyclic) bond motifs is 2. The molecular weight excluding hydrogens is 507 g/mol. The van der Waals surface area contributed by atoms with Crippen molar-refractivity contribution in [3.63, 3.8) is 0 Å². The number of rotatable bonds is 7. The van der Waals surface area contributed by atoms with Crippen LogP contribution in [-0.2, 0) is 9.47 Å². The van der Waals surface area contributed by atoms with Gasteiger partial charge < -0.3 is 18.9 Å². The van der Waals surface area contributed by atoms with Gasteiger partial charge in [0.1, 0.15) is 23.0 Å². The molecule has 36 heavy (non-hydrogen) atoms. The average Bonchev–Trinajstić information content (AvgIpc) is 2.87. The second kappa shape index (κ2) is 12.3. The molecule has 0 atom stereocenters. The Hall–Kier alpha value is -3.69. The Kier molecular flexibility index (Phi) is 9.21. The van der Waals surface area contributed by atoms with E-state index in [2.05, 4.69) is 26.5 Å². The van der Waals surface area contributed by atoms with E-state index < -0.39 is 5.97 Å². The van der Waals surface area contributed by atoms with Gasteiger partial charge in [-0.3, -0.25) is 0 Å². The van der Waals surface area contributed by atoms with Gasteiger partial charge in [-0.1, -0.05) is 6.58 Å². The van der Waals surface area contributed by atoms with Crippen LogP contribution in [0.3, 0.4) is 0 Å². The molecule has 11 heteroatoms. The molecule has 0 aliphatic heterocycles. The Morgan fingerprint density at radius 3 is 1.72 bits per heavy atom. The van der Waals surface area contributed by atoms with Crippen molar-refractivity contribution in [3.05, 3.63) is 64.9 Å². The van der Waals surface area contributed by atoms with Crippen LogP contribution in [0.15, 0.2) is 43.0 Å². The molecule has 4 aromatic rings. The lowest BCUT2D eigenvalue weighted by Crippen LogP contribution is -2.09. The zero-order chi connectivity index (χ0) is 26.2. The van der Waals surface area contributed by atoms with Crippen LogP contribution in [0.1, 0.15) is 30.0 Å². The first-order chi connectivity index (χ1) is 17.3. The van der Waals surface area contributed by atoms with E-state index in [9.17, 15) is 4.79 Å². The van der Waals surface area contributed by atoms with Gasteiger partial charge in [0.05, 0.1) is 38.5 Å². The topological polar surface area (TPSA) is 106 Å². The van der Waals surface area contributed by atoms with E-state index in [0.29, 0.717) is 34.7 Å². The molecule has 2 aromatic heterocycles. The fourth-order valence-corrected chi connectivity index (χ4v) is 3.57. The lowest BCUT2D eigenvalue weighted by atomic mass is 10.1. The molecule has 0 aliphatic rings. The van der Waals surface area contributed by atoms with Gasteiger partial charge in [0.25, 0.3) is 0 Å². The van der Waals surface area contributed by atoms with Gasteiger partial charge in [0.2, 0.25) is 10.6 Å². The first-order valence-corrected chi connectivity index (χ1v) is 11.6. The normalized spacial score (nSPS) is 10.4. The summed E-state index contributed by atoms with van der Waals surface area (Å²) in [4.78, 5) is 28.1. The molecule has 2 aromatic carbocycles. The van der Waals surface area contributed by atoms with E-state index in [1.54, 1.807) is 39.3 Å². The number of hydrogen-bond donors (Lipinski definition) is 0. The molecule has 0 N–H and O–H groups in total. The lowest BCUT2D eigenvalue weighted by Gasteiger charge is -2.10. The molecule has 4 rings (SSSR count). The molecule has 9 nitrogen and oxygen atoms in total. The summed E-state index contributed by atoms with van der Waals surface area (Å²) in [5.74, 6) is 1.28. The molecule has 0 spiro atoms. The molecule has 0 bridgehead atoms. The van der Waals surface area contributed by atoms with Gasteiger partial charge in [-0.2, -0.15) is 0 Å². The van der Waals surface area contributed by atoms with Crippen LogP contribution < -0.4 is 9.47 Å². The maximum Gasteiger partial charge on any atom is 0.357 e. The Balaban J connectivity index is 0.000000201. The number of nitrogens with zero attached hydrogens (tertiary/aromatic N) is 4. The fraction of sp³-hybridized carbons (Fsp3) is 0.240. The van der Waals surface area contributed by atoms with E-state index in [1.165, 1.54) is 0 Å². The van der Waals surface area contributed by atoms with Gasteiger partial charge in [-0.15, -0.1) is 0 Å². The maximum absolute atomic E-state index is 11.8. The predicted molar refractivity (Wildman–Crippen MR) is 139 cm³/mol. The molecule has 0 fully saturated rings. The number of carbonyl (C=O) groups excluding carboxylic acids is 1. The number of carbonyl (C=O) groups is 1. The molecule has 2 heterocycles. The van der Waals surface area contributed by atoms with Crippen molar-refractivity contribution in [2.24, 2.45) is 0 Å². The molecule has 188 valence electrons. The Morgan fingerprint density at radius 2 is 1.25 bits per heavy atom. The third kappa shape index (κ3) is 6.30. The first kappa shape index (κ1) is 26.9. The quantitative estimate of drug-likeness (QED) is 0.167. The van der Waals surface area contributed by atoms with Crippen LogP contribution >= 0.6 is 23.2 Å². The van der Waals surface area contributed by atoms with Crippen LogP contribution in [-0.4, -0.2) is 53.3 Å². The summed E-state index contributed by atoms with van der Waals surface area (Å²) in [6.07, 6.45) is 0. The van der Waals surface area contributed by atoms with Crippen molar-refractivity contribution < 1.29 is 23.7 Å². The van der Waals surface area contributed by atoms with Gasteiger partial charge in [0, 0.05) is 10.8 Å². The summed E-state index contributed by atoms with van der Waals surface area (Å²) in [6, 6.07) is 10.6. The standard InChI is InChI=1S/C13H13ClN2O2.C12H11ClN2O3/c1-4-18-8(2)12-10-7-9(17-3)5-6-11(10)15-13(14)16-12;1-3-18-11(16)10-8-6-7(17-2)4-5-9(8)14-12(13)15-10/h5-7H,2,4H2,1,3H3;4-6H,3H2,1-2H3. The minimum Gasteiger partial charge on any atom is -0.497 e. The van der Waals surface area contributed by atoms with E-state index >= 15 is 0 Å². The van der Waals surface area contributed by atoms with Crippen LogP contribution in [0.4, 0.5) is 0 Å². The van der Waals surface area contributed by atoms with Crippen molar-refractivity contribution in [2.75, 3.05) is 27.4 Å². The molecule has 0 saturated carbocycles. The summed E-state index contributed by atoms with van der Waals surface area (Å²) in [7, 11) is 3.15. The van der Waals surface area contributed by atoms with E-state index in [1.807, 2.05) is 25.1 Å². The molecule has 0 radical (unpaired) electrons. The lowest BCUT2D eigenvalue weighted by molar-refractivity contribution is 0.0522. The Morgan fingerprint density at radius 1 is 0.778 bits per heavy atom. The zero-order valence-corrected chi connectivity index (χ0v) is 21.7. The second-order valence-electron chi connectivity index (χ2n) is 7.03. The summed E-state index contributed by atoms with van der Waals surface area (Å²) >= 11 is 11.7. The van der Waals surface area contributed by atoms with E-state index in [4.69, 9.17) is 42.1 Å². The van der Waals surface area contributed by atoms with Crippen LogP contribution in [0, 0.1) is 0 Å². The highest BCUT2D eigenvalue weighted by Gasteiger charge is 2.16. The zero-order valence-electron chi connectivity index (χ0n) is 20.2. The summed E-state index contributed by atoms with van der Waals surface area (Å²) in [5.41, 5.74) is 2.03. The monoisotopic (exact) mass is 530 g/mol. The van der Waals surface area contributed by atoms with Crippen molar-refractivity contribution in [1.82, 2.24) is 19.9 Å². The highest BCUT2D eigenvalue weighted by molar-refractivity contribution is 6.29. The number of hydrogen-bond acceptors (Lipinski definition) is 9. The van der Waals surface area contributed by atoms with Crippen molar-refractivity contribution in [2.45, 2.75) is 13.8 Å². The highest BCUT2D eigenvalue weighted by Crippen LogP contribution is 2.27. The summed E-state index contributed by atoms with van der Waals surface area (Å²) in [6.45, 7) is 8.25. The van der Waals surface area contributed by atoms with Crippen LogP contribution in [0.5, 0.6) is 11.5 Å². The Bertz CT molecular complexity index is 1310. The maximum atomic E-state index is 11.8. The average molecular weight is 531 g/mol. The molecule has 0 unspecified atom stereocenters. The Labute approximate surface area is 218 Å². The minimum absolute atomic E-state index is 0.00993. The number of halogens is 2. The van der Waals surface area contributed by atoms with E-state index in [0.717, 1.165) is 16.7 Å². The van der Waals surface area contributed by atoms with Gasteiger partial charge >= 0.3 is 5.97 Å². The molecule has 0 saturated heterocycles. The van der Waals surface area contributed by atoms with Crippen LogP contribution in [0.2, 0.25) is 10.6 Å². The third-order valence-electron chi connectivity index (χ3n) is 4.80. The molecule has 0 aliphatic carbocycles. The van der Waals surface area contributed by atoms with Crippen molar-refractivity contribution in [1.29, 1.82) is 0 Å². The minimum atomic E-state index is -0.528. The summed E-state index contributed by atoms with van der Waals surface area (Å²) in [5, 5.41) is 1.54. The van der Waals surface area contributed by atoms with Gasteiger partial charge in [-0.25, -0.2) is 24.7 Å². The molecule has 0 amide bonds. The number of esters is 1. The van der Waals surface area contributed by atoms with Gasteiger partial charge in [0.15, 0.2) is 5.69 Å². The fourth-order valence-electron chi connectivity index (χ4n) is 3.22. The smallest absolute Gasteiger partial charge is 0.357 e. The molecular formula is C25H24Cl2N4O5. The first-order valence-electron chi connectivity index (χ1n) is 10.8. The largest absolute Gasteiger partial charge is 0.497 e. The number of methoxy groups -OCH3 is 2. The number of aromatic nitrogens is 4. The summed E-state index contributed by atoms with van der Waals surface area (Å²) < 4.78 is 20.6. The second-order valence-corrected chi connectivity index (χ2v) is 7.70. The third-order valence-corrected chi connectivity index (χ3v) is 5.14. The van der Waals surface area contributed by atoms with Crippen molar-refractivity contribution in [3.8, 4) is 11.5 Å². The van der Waals surface area contributed by atoms with E-state index in [-0.39, 0.29) is 22.9 Å². The number of benzene rings is 2. The SMILES string of the molecule is C=C(OCC)c1nc(Cl)nc2ccc(OC)cc12.CCOC(=O)c1nc(Cl)nc2ccc(OC)cc12. The number of ether oxygens (including phenoxy) is 4. The van der Waals surface area contributed by atoms with Crippen LogP contribution in [0.25, 0.3) is 27.6 Å². The van der Waals surface area contributed by atoms with Gasteiger partial charge in [-0.05, 0) is 73.4 Å². The highest BCUT2D eigenvalue weighted by atomic mass is 35.5. The van der Waals surface area contributed by atoms with Crippen molar-refractivity contribution >= 4 is 56.7 Å².